The Morgan fingerprint density at radius 1 is 0.348 bits per heavy atom. The Morgan fingerprint density at radius 2 is 0.682 bits per heavy atom. The Morgan fingerprint density at radius 3 is 1.11 bits per heavy atom. The van der Waals surface area contributed by atoms with Gasteiger partial charge < -0.3 is 14.2 Å². The van der Waals surface area contributed by atoms with Gasteiger partial charge in [-0.1, -0.05) is 261 Å². The van der Waals surface area contributed by atoms with Gasteiger partial charge in [-0.25, -0.2) is 0 Å². The van der Waals surface area contributed by atoms with Crippen LogP contribution in [0, 0.1) is 0 Å². The number of unbranched alkanes of at least 4 members (excludes halogenated alkanes) is 32. The molecule has 0 heterocycles. The highest BCUT2D eigenvalue weighted by Gasteiger charge is 2.17. The van der Waals surface area contributed by atoms with Crippen molar-refractivity contribution in [2.75, 3.05) is 19.8 Å². The van der Waals surface area contributed by atoms with Crippen LogP contribution < -0.4 is 0 Å². The van der Waals surface area contributed by atoms with Crippen molar-refractivity contribution in [3.8, 4) is 0 Å². The normalized spacial score (nSPS) is 12.6. The summed E-state index contributed by atoms with van der Waals surface area (Å²) in [6, 6.07) is 0. The van der Waals surface area contributed by atoms with Gasteiger partial charge in [0.05, 0.1) is 6.61 Å². The molecule has 0 aromatic rings. The van der Waals surface area contributed by atoms with Crippen LogP contribution in [0.3, 0.4) is 0 Å². The van der Waals surface area contributed by atoms with Gasteiger partial charge in [0.1, 0.15) is 6.61 Å². The van der Waals surface area contributed by atoms with Gasteiger partial charge >= 0.3 is 11.9 Å². The summed E-state index contributed by atoms with van der Waals surface area (Å²) in [6.07, 6.45) is 72.6. The Labute approximate surface area is 411 Å². The van der Waals surface area contributed by atoms with Crippen molar-refractivity contribution in [2.45, 2.75) is 297 Å². The fraction of sp³-hybridized carbons (Fsp3) is 0.803. The first-order valence-corrected chi connectivity index (χ1v) is 28.8. The molecule has 0 amide bonds. The second-order valence-electron chi connectivity index (χ2n) is 19.2. The number of carbonyl (C=O) groups is 2. The first-order chi connectivity index (χ1) is 32.6. The van der Waals surface area contributed by atoms with E-state index in [-0.39, 0.29) is 25.2 Å². The molecule has 0 radical (unpaired) electrons. The fourth-order valence-corrected chi connectivity index (χ4v) is 8.28. The van der Waals surface area contributed by atoms with Crippen molar-refractivity contribution in [3.63, 3.8) is 0 Å². The van der Waals surface area contributed by atoms with E-state index in [1.54, 1.807) is 0 Å². The van der Waals surface area contributed by atoms with E-state index in [0.717, 1.165) is 64.2 Å². The van der Waals surface area contributed by atoms with Crippen LogP contribution in [0.4, 0.5) is 0 Å². The van der Waals surface area contributed by atoms with Gasteiger partial charge in [0, 0.05) is 19.4 Å². The maximum Gasteiger partial charge on any atom is 0.306 e. The van der Waals surface area contributed by atoms with Crippen LogP contribution in [0.2, 0.25) is 0 Å². The summed E-state index contributed by atoms with van der Waals surface area (Å²) < 4.78 is 17.4. The molecule has 0 N–H and O–H groups in total. The SMILES string of the molecule is CC/C=C\C/C=C\C/C=C\C/C=C\CCCOCC(COC(=O)CCCCCCCCCCC/C=C\CCCCCCCC)OC(=O)CCCCCCCCCCCCCCCCCCC. The van der Waals surface area contributed by atoms with Gasteiger partial charge in [-0.05, 0) is 77.0 Å². The Hall–Kier alpha value is -2.40. The Bertz CT molecular complexity index is 1130. The molecule has 0 aliphatic heterocycles. The lowest BCUT2D eigenvalue weighted by Gasteiger charge is -2.18. The molecule has 0 saturated carbocycles. The fourth-order valence-electron chi connectivity index (χ4n) is 8.28. The number of carbonyl (C=O) groups excluding carboxylic acids is 2. The molecule has 66 heavy (non-hydrogen) atoms. The van der Waals surface area contributed by atoms with Crippen LogP contribution >= 0.6 is 0 Å². The molecule has 1 unspecified atom stereocenters. The number of hydrogen-bond donors (Lipinski definition) is 0. The van der Waals surface area contributed by atoms with E-state index in [1.165, 1.54) is 193 Å². The van der Waals surface area contributed by atoms with Gasteiger partial charge in [-0.2, -0.15) is 0 Å². The summed E-state index contributed by atoms with van der Waals surface area (Å²) in [4.78, 5) is 25.5. The second kappa shape index (κ2) is 56.9. The highest BCUT2D eigenvalue weighted by Crippen LogP contribution is 2.16. The number of ether oxygens (including phenoxy) is 3. The molecule has 0 aromatic heterocycles. The first-order valence-electron chi connectivity index (χ1n) is 28.8. The maximum atomic E-state index is 12.8. The molecule has 0 saturated heterocycles. The number of allylic oxidation sites excluding steroid dienone is 10. The molecular formula is C61H110O5. The maximum absolute atomic E-state index is 12.8. The molecule has 0 aliphatic rings. The van der Waals surface area contributed by atoms with Crippen molar-refractivity contribution in [1.82, 2.24) is 0 Å². The third-order valence-electron chi connectivity index (χ3n) is 12.5. The summed E-state index contributed by atoms with van der Waals surface area (Å²) in [7, 11) is 0. The Kier molecular flexibility index (Phi) is 54.9. The molecular weight excluding hydrogens is 813 g/mol. The standard InChI is InChI=1S/C61H110O5/c1-4-7-10-13-16-19-22-25-28-30-31-33-34-36-39-42-45-48-51-54-60(62)65-58-59(57-64-56-53-50-47-44-41-38-27-24-21-18-15-12-9-6-3)66-61(63)55-52-49-46-43-40-37-35-32-29-26-23-20-17-14-11-8-5-2/h9,12,18,21,25,27-28,38,44,47,59H,4-8,10-11,13-17,19-20,22-24,26,29-37,39-43,45-46,48-58H2,1-3H3/b12-9-,21-18-,28-25-,38-27-,47-44-. The first kappa shape index (κ1) is 63.6. The van der Waals surface area contributed by atoms with E-state index < -0.39 is 6.10 Å². The van der Waals surface area contributed by atoms with Gasteiger partial charge in [-0.3, -0.25) is 9.59 Å². The Balaban J connectivity index is 4.28. The summed E-state index contributed by atoms with van der Waals surface area (Å²) in [5.74, 6) is -0.416. The van der Waals surface area contributed by atoms with E-state index in [0.29, 0.717) is 19.4 Å². The van der Waals surface area contributed by atoms with Crippen LogP contribution in [0.5, 0.6) is 0 Å². The lowest BCUT2D eigenvalue weighted by atomic mass is 10.0. The van der Waals surface area contributed by atoms with Crippen LogP contribution in [0.1, 0.15) is 290 Å². The van der Waals surface area contributed by atoms with Crippen molar-refractivity contribution >= 4 is 11.9 Å². The number of esters is 2. The van der Waals surface area contributed by atoms with E-state index in [9.17, 15) is 9.59 Å². The second-order valence-corrected chi connectivity index (χ2v) is 19.2. The van der Waals surface area contributed by atoms with Gasteiger partial charge in [0.25, 0.3) is 0 Å². The van der Waals surface area contributed by atoms with Crippen molar-refractivity contribution in [1.29, 1.82) is 0 Å². The molecule has 384 valence electrons. The molecule has 0 fully saturated rings. The topological polar surface area (TPSA) is 61.8 Å². The monoisotopic (exact) mass is 923 g/mol. The molecule has 0 spiro atoms. The van der Waals surface area contributed by atoms with Crippen molar-refractivity contribution in [2.24, 2.45) is 0 Å². The zero-order valence-electron chi connectivity index (χ0n) is 44.2. The number of rotatable bonds is 53. The summed E-state index contributed by atoms with van der Waals surface area (Å²) in [5, 5.41) is 0. The third kappa shape index (κ3) is 54.2. The minimum Gasteiger partial charge on any atom is -0.462 e. The molecule has 5 nitrogen and oxygen atoms in total. The summed E-state index contributed by atoms with van der Waals surface area (Å²) >= 11 is 0. The van der Waals surface area contributed by atoms with Crippen LogP contribution in [0.25, 0.3) is 0 Å². The van der Waals surface area contributed by atoms with Gasteiger partial charge in [0.15, 0.2) is 6.10 Å². The number of hydrogen-bond acceptors (Lipinski definition) is 5. The highest BCUT2D eigenvalue weighted by atomic mass is 16.6. The largest absolute Gasteiger partial charge is 0.462 e. The lowest BCUT2D eigenvalue weighted by molar-refractivity contribution is -0.163. The van der Waals surface area contributed by atoms with Crippen LogP contribution in [-0.2, 0) is 23.8 Å². The average Bonchev–Trinajstić information content (AvgIpc) is 3.32. The van der Waals surface area contributed by atoms with Crippen LogP contribution in [-0.4, -0.2) is 37.9 Å². The summed E-state index contributed by atoms with van der Waals surface area (Å²) in [6.45, 7) is 7.62. The third-order valence-corrected chi connectivity index (χ3v) is 12.5. The minimum absolute atomic E-state index is 0.0649. The summed E-state index contributed by atoms with van der Waals surface area (Å²) in [5.41, 5.74) is 0. The van der Waals surface area contributed by atoms with Gasteiger partial charge in [-0.15, -0.1) is 0 Å². The predicted molar refractivity (Wildman–Crippen MR) is 288 cm³/mol. The highest BCUT2D eigenvalue weighted by molar-refractivity contribution is 5.70. The van der Waals surface area contributed by atoms with E-state index in [4.69, 9.17) is 14.2 Å². The molecule has 0 aliphatic carbocycles. The van der Waals surface area contributed by atoms with E-state index in [2.05, 4.69) is 81.5 Å². The van der Waals surface area contributed by atoms with Crippen molar-refractivity contribution in [3.05, 3.63) is 60.8 Å². The average molecular weight is 924 g/mol. The van der Waals surface area contributed by atoms with E-state index in [1.807, 2.05) is 0 Å². The zero-order chi connectivity index (χ0) is 47.7. The predicted octanol–water partition coefficient (Wildman–Crippen LogP) is 19.7. The molecule has 0 aromatic carbocycles. The molecule has 0 bridgehead atoms. The lowest BCUT2D eigenvalue weighted by Crippen LogP contribution is -2.30. The van der Waals surface area contributed by atoms with Crippen molar-refractivity contribution < 1.29 is 23.8 Å². The quantitative estimate of drug-likeness (QED) is 0.0346. The smallest absolute Gasteiger partial charge is 0.306 e. The molecule has 5 heteroatoms. The molecule has 0 rings (SSSR count). The zero-order valence-corrected chi connectivity index (χ0v) is 44.2. The minimum atomic E-state index is -0.564. The van der Waals surface area contributed by atoms with E-state index >= 15 is 0 Å². The molecule has 1 atom stereocenters. The van der Waals surface area contributed by atoms with Gasteiger partial charge in [0.2, 0.25) is 0 Å². The van der Waals surface area contributed by atoms with Crippen LogP contribution in [0.15, 0.2) is 60.8 Å².